The van der Waals surface area contributed by atoms with E-state index in [9.17, 15) is 4.79 Å². The zero-order valence-electron chi connectivity index (χ0n) is 12.7. The minimum Gasteiger partial charge on any atom is -0.497 e. The van der Waals surface area contributed by atoms with Crippen molar-refractivity contribution in [3.05, 3.63) is 34.8 Å². The number of hydrogen-bond acceptors (Lipinski definition) is 6. The monoisotopic (exact) mass is 322 g/mol. The van der Waals surface area contributed by atoms with E-state index in [1.54, 1.807) is 38.6 Å². The molecule has 0 saturated heterocycles. The van der Waals surface area contributed by atoms with E-state index in [1.165, 1.54) is 11.3 Å². The molecule has 2 rings (SSSR count). The highest BCUT2D eigenvalue weighted by Crippen LogP contribution is 2.26. The first-order chi connectivity index (χ1) is 10.6. The molecule has 0 aliphatic carbocycles. The summed E-state index contributed by atoms with van der Waals surface area (Å²) in [4.78, 5) is 17.5. The molecule has 118 valence electrons. The smallest absolute Gasteiger partial charge is 0.261 e. The van der Waals surface area contributed by atoms with Crippen molar-refractivity contribution in [1.29, 1.82) is 0 Å². The number of methoxy groups -OCH3 is 2. The molecule has 1 N–H and O–H groups in total. The van der Waals surface area contributed by atoms with E-state index in [1.807, 2.05) is 6.92 Å². The summed E-state index contributed by atoms with van der Waals surface area (Å²) in [5.41, 5.74) is 0.421. The van der Waals surface area contributed by atoms with Crippen LogP contribution in [-0.2, 0) is 4.74 Å². The van der Waals surface area contributed by atoms with Crippen molar-refractivity contribution >= 4 is 22.4 Å². The third-order valence-corrected chi connectivity index (χ3v) is 3.65. The molecule has 1 aromatic heterocycles. The average Bonchev–Trinajstić information content (AvgIpc) is 2.92. The molecule has 2 aromatic rings. The van der Waals surface area contributed by atoms with Crippen molar-refractivity contribution in [3.63, 3.8) is 0 Å². The van der Waals surface area contributed by atoms with Crippen LogP contribution in [0, 0.1) is 6.92 Å². The van der Waals surface area contributed by atoms with Crippen LogP contribution >= 0.6 is 11.3 Å². The second kappa shape index (κ2) is 7.77. The molecule has 0 saturated carbocycles. The highest BCUT2D eigenvalue weighted by Gasteiger charge is 2.15. The van der Waals surface area contributed by atoms with E-state index in [-0.39, 0.29) is 5.91 Å². The number of amides is 1. The Balaban J connectivity index is 2.18. The summed E-state index contributed by atoms with van der Waals surface area (Å²) in [6.07, 6.45) is 1.71. The summed E-state index contributed by atoms with van der Waals surface area (Å²) in [7, 11) is 3.15. The van der Waals surface area contributed by atoms with Gasteiger partial charge in [0.1, 0.15) is 18.1 Å². The Bertz CT molecular complexity index is 642. The predicted molar refractivity (Wildman–Crippen MR) is 85.2 cm³/mol. The fourth-order valence-electron chi connectivity index (χ4n) is 1.75. The molecule has 0 unspecified atom stereocenters. The number of nitrogens with zero attached hydrogens (tertiary/aromatic N) is 1. The molecule has 0 atom stereocenters. The number of ether oxygens (including phenoxy) is 3. The number of carbonyl (C=O) groups excluding carboxylic acids is 1. The summed E-state index contributed by atoms with van der Waals surface area (Å²) < 4.78 is 15.7. The molecule has 1 heterocycles. The Labute approximate surface area is 133 Å². The fraction of sp³-hybridized carbons (Fsp3) is 0.333. The number of benzene rings is 1. The SMILES string of the molecule is COCCOc1cc(OC)ccc1C(=O)Nc1ncc(C)s1. The number of hydrogen-bond donors (Lipinski definition) is 1. The van der Waals surface area contributed by atoms with Crippen molar-refractivity contribution in [3.8, 4) is 11.5 Å². The molecule has 7 heteroatoms. The van der Waals surface area contributed by atoms with Gasteiger partial charge in [-0.25, -0.2) is 4.98 Å². The van der Waals surface area contributed by atoms with Gasteiger partial charge in [-0.05, 0) is 19.1 Å². The highest BCUT2D eigenvalue weighted by molar-refractivity contribution is 7.15. The van der Waals surface area contributed by atoms with E-state index in [4.69, 9.17) is 14.2 Å². The molecule has 1 amide bonds. The molecule has 0 aliphatic heterocycles. The maximum absolute atomic E-state index is 12.4. The molecule has 0 fully saturated rings. The lowest BCUT2D eigenvalue weighted by Crippen LogP contribution is -2.15. The lowest BCUT2D eigenvalue weighted by Gasteiger charge is -2.12. The van der Waals surface area contributed by atoms with Crippen molar-refractivity contribution < 1.29 is 19.0 Å². The molecular formula is C15H18N2O4S. The van der Waals surface area contributed by atoms with Gasteiger partial charge in [0.2, 0.25) is 0 Å². The number of carbonyl (C=O) groups is 1. The average molecular weight is 322 g/mol. The van der Waals surface area contributed by atoms with Gasteiger partial charge in [0.05, 0.1) is 19.3 Å². The maximum Gasteiger partial charge on any atom is 0.261 e. The predicted octanol–water partition coefficient (Wildman–Crippen LogP) is 2.74. The Kier molecular flexibility index (Phi) is 5.74. The first kappa shape index (κ1) is 16.3. The molecule has 0 aliphatic rings. The Morgan fingerprint density at radius 2 is 2.14 bits per heavy atom. The van der Waals surface area contributed by atoms with Gasteiger partial charge in [0.15, 0.2) is 5.13 Å². The standard InChI is InChI=1S/C15H18N2O4S/c1-10-9-16-15(22-10)17-14(18)12-5-4-11(20-3)8-13(12)21-7-6-19-2/h4-5,8-9H,6-7H2,1-3H3,(H,16,17,18). The van der Waals surface area contributed by atoms with E-state index < -0.39 is 0 Å². The van der Waals surface area contributed by atoms with Crippen LogP contribution in [0.15, 0.2) is 24.4 Å². The van der Waals surface area contributed by atoms with Gasteiger partial charge in [-0.15, -0.1) is 11.3 Å². The lowest BCUT2D eigenvalue weighted by molar-refractivity contribution is 0.101. The number of aromatic nitrogens is 1. The van der Waals surface area contributed by atoms with Gasteiger partial charge in [-0.2, -0.15) is 0 Å². The lowest BCUT2D eigenvalue weighted by atomic mass is 10.2. The first-order valence-corrected chi connectivity index (χ1v) is 7.49. The van der Waals surface area contributed by atoms with Crippen LogP contribution in [-0.4, -0.2) is 38.3 Å². The number of aryl methyl sites for hydroxylation is 1. The zero-order chi connectivity index (χ0) is 15.9. The Morgan fingerprint density at radius 3 is 2.77 bits per heavy atom. The van der Waals surface area contributed by atoms with Gasteiger partial charge >= 0.3 is 0 Å². The van der Waals surface area contributed by atoms with Crippen LogP contribution in [0.2, 0.25) is 0 Å². The summed E-state index contributed by atoms with van der Waals surface area (Å²) in [5, 5.41) is 3.32. The second-order valence-electron chi connectivity index (χ2n) is 4.43. The zero-order valence-corrected chi connectivity index (χ0v) is 13.5. The minimum absolute atomic E-state index is 0.274. The van der Waals surface area contributed by atoms with E-state index >= 15 is 0 Å². The van der Waals surface area contributed by atoms with Gasteiger partial charge in [0, 0.05) is 24.3 Å². The van der Waals surface area contributed by atoms with Crippen LogP contribution in [0.1, 0.15) is 15.2 Å². The summed E-state index contributed by atoms with van der Waals surface area (Å²) in [6, 6.07) is 5.06. The summed E-state index contributed by atoms with van der Waals surface area (Å²) in [6.45, 7) is 2.71. The van der Waals surface area contributed by atoms with Crippen LogP contribution in [0.5, 0.6) is 11.5 Å². The molecule has 0 spiro atoms. The van der Waals surface area contributed by atoms with Gasteiger partial charge in [-0.1, -0.05) is 0 Å². The van der Waals surface area contributed by atoms with Gasteiger partial charge in [-0.3, -0.25) is 10.1 Å². The van der Waals surface area contributed by atoms with Crippen molar-refractivity contribution in [2.45, 2.75) is 6.92 Å². The van der Waals surface area contributed by atoms with Crippen LogP contribution in [0.25, 0.3) is 0 Å². The van der Waals surface area contributed by atoms with Crippen molar-refractivity contribution in [2.75, 3.05) is 32.8 Å². The number of anilines is 1. The molecule has 22 heavy (non-hydrogen) atoms. The molecule has 1 aromatic carbocycles. The Hall–Kier alpha value is -2.12. The quantitative estimate of drug-likeness (QED) is 0.794. The normalized spacial score (nSPS) is 10.3. The van der Waals surface area contributed by atoms with Crippen molar-refractivity contribution in [1.82, 2.24) is 4.98 Å². The highest BCUT2D eigenvalue weighted by atomic mass is 32.1. The first-order valence-electron chi connectivity index (χ1n) is 6.67. The topological polar surface area (TPSA) is 69.7 Å². The third kappa shape index (κ3) is 4.19. The summed E-state index contributed by atoms with van der Waals surface area (Å²) in [5.74, 6) is 0.792. The van der Waals surface area contributed by atoms with Crippen LogP contribution in [0.4, 0.5) is 5.13 Å². The minimum atomic E-state index is -0.274. The van der Waals surface area contributed by atoms with Gasteiger partial charge < -0.3 is 14.2 Å². The van der Waals surface area contributed by atoms with Crippen LogP contribution < -0.4 is 14.8 Å². The summed E-state index contributed by atoms with van der Waals surface area (Å²) >= 11 is 1.42. The van der Waals surface area contributed by atoms with Gasteiger partial charge in [0.25, 0.3) is 5.91 Å². The largest absolute Gasteiger partial charge is 0.497 e. The van der Waals surface area contributed by atoms with Crippen molar-refractivity contribution in [2.24, 2.45) is 0 Å². The fourth-order valence-corrected chi connectivity index (χ4v) is 2.41. The second-order valence-corrected chi connectivity index (χ2v) is 5.67. The molecule has 0 bridgehead atoms. The molecular weight excluding hydrogens is 304 g/mol. The van der Waals surface area contributed by atoms with E-state index in [0.29, 0.717) is 35.4 Å². The maximum atomic E-state index is 12.4. The number of thiazole rings is 1. The van der Waals surface area contributed by atoms with E-state index in [2.05, 4.69) is 10.3 Å². The number of rotatable bonds is 7. The molecule has 0 radical (unpaired) electrons. The molecule has 6 nitrogen and oxygen atoms in total. The van der Waals surface area contributed by atoms with E-state index in [0.717, 1.165) is 4.88 Å². The third-order valence-electron chi connectivity index (χ3n) is 2.82. The van der Waals surface area contributed by atoms with Crippen LogP contribution in [0.3, 0.4) is 0 Å². The number of nitrogens with one attached hydrogen (secondary N) is 1. The Morgan fingerprint density at radius 1 is 1.32 bits per heavy atom.